The molecule has 5 heteroatoms. The van der Waals surface area contributed by atoms with Crippen molar-refractivity contribution in [2.75, 3.05) is 4.90 Å². The predicted molar refractivity (Wildman–Crippen MR) is 133 cm³/mol. The van der Waals surface area contributed by atoms with Crippen LogP contribution in [0.25, 0.3) is 6.08 Å². The van der Waals surface area contributed by atoms with Crippen molar-refractivity contribution < 1.29 is 9.53 Å². The molecule has 0 unspecified atom stereocenters. The van der Waals surface area contributed by atoms with Gasteiger partial charge < -0.3 is 4.74 Å². The maximum Gasteiger partial charge on any atom is 0.271 e. The van der Waals surface area contributed by atoms with Crippen LogP contribution in [-0.2, 0) is 11.2 Å². The summed E-state index contributed by atoms with van der Waals surface area (Å²) in [4.78, 5) is 20.6. The molecule has 4 nitrogen and oxygen atoms in total. The number of carbonyl (C=O) groups is 1. The van der Waals surface area contributed by atoms with Gasteiger partial charge in [0, 0.05) is 6.42 Å². The van der Waals surface area contributed by atoms with Gasteiger partial charge in [-0.05, 0) is 86.1 Å². The minimum Gasteiger partial charge on any atom is -0.490 e. The SMILES string of the molecule is Cc1ccc(N=C2S/C(=C/c3ccc4c(c3)C[C@H](C)O4)C(=O)N2c2ccc(C)cc2)cc1. The molecule has 0 aromatic heterocycles. The van der Waals surface area contributed by atoms with Crippen LogP contribution in [0.4, 0.5) is 11.4 Å². The largest absolute Gasteiger partial charge is 0.490 e. The Bertz CT molecular complexity index is 1240. The van der Waals surface area contributed by atoms with Crippen molar-refractivity contribution in [2.45, 2.75) is 33.3 Å². The number of amidine groups is 1. The highest BCUT2D eigenvalue weighted by atomic mass is 32.2. The molecule has 0 aliphatic carbocycles. The van der Waals surface area contributed by atoms with Gasteiger partial charge in [0.15, 0.2) is 5.17 Å². The molecule has 3 aromatic rings. The van der Waals surface area contributed by atoms with E-state index in [1.807, 2.05) is 80.6 Å². The predicted octanol–water partition coefficient (Wildman–Crippen LogP) is 6.44. The van der Waals surface area contributed by atoms with E-state index in [1.165, 1.54) is 22.9 Å². The topological polar surface area (TPSA) is 41.9 Å². The van der Waals surface area contributed by atoms with Gasteiger partial charge in [0.2, 0.25) is 0 Å². The first-order chi connectivity index (χ1) is 15.5. The van der Waals surface area contributed by atoms with Crippen LogP contribution in [0.1, 0.15) is 29.2 Å². The Hall–Kier alpha value is -3.31. The summed E-state index contributed by atoms with van der Waals surface area (Å²) in [5.74, 6) is 0.878. The van der Waals surface area contributed by atoms with Crippen LogP contribution in [0.15, 0.2) is 76.6 Å². The van der Waals surface area contributed by atoms with Gasteiger partial charge in [0.25, 0.3) is 5.91 Å². The summed E-state index contributed by atoms with van der Waals surface area (Å²) in [5, 5.41) is 0.659. The molecule has 1 fully saturated rings. The lowest BCUT2D eigenvalue weighted by atomic mass is 10.1. The summed E-state index contributed by atoms with van der Waals surface area (Å²) in [7, 11) is 0. The Morgan fingerprint density at radius 1 is 1.00 bits per heavy atom. The van der Waals surface area contributed by atoms with Gasteiger partial charge in [-0.3, -0.25) is 9.69 Å². The van der Waals surface area contributed by atoms with Crippen molar-refractivity contribution in [3.63, 3.8) is 0 Å². The van der Waals surface area contributed by atoms with Gasteiger partial charge in [-0.15, -0.1) is 0 Å². The van der Waals surface area contributed by atoms with E-state index in [-0.39, 0.29) is 12.0 Å². The molecule has 2 heterocycles. The maximum absolute atomic E-state index is 13.5. The summed E-state index contributed by atoms with van der Waals surface area (Å²) in [6, 6.07) is 22.1. The van der Waals surface area contributed by atoms with Crippen LogP contribution >= 0.6 is 11.8 Å². The first-order valence-corrected chi connectivity index (χ1v) is 11.5. The van der Waals surface area contributed by atoms with Gasteiger partial charge in [-0.2, -0.15) is 0 Å². The van der Waals surface area contributed by atoms with Gasteiger partial charge in [-0.1, -0.05) is 41.5 Å². The van der Waals surface area contributed by atoms with Crippen molar-refractivity contribution in [1.82, 2.24) is 0 Å². The molecule has 3 aromatic carbocycles. The molecule has 0 saturated carbocycles. The Morgan fingerprint density at radius 3 is 2.41 bits per heavy atom. The number of anilines is 1. The molecule has 0 N–H and O–H groups in total. The molecule has 32 heavy (non-hydrogen) atoms. The lowest BCUT2D eigenvalue weighted by Gasteiger charge is -2.16. The van der Waals surface area contributed by atoms with Gasteiger partial charge in [-0.25, -0.2) is 4.99 Å². The van der Waals surface area contributed by atoms with Crippen LogP contribution in [0.2, 0.25) is 0 Å². The number of thioether (sulfide) groups is 1. The molecular formula is C27H24N2O2S. The Morgan fingerprint density at radius 2 is 1.69 bits per heavy atom. The zero-order valence-corrected chi connectivity index (χ0v) is 19.1. The van der Waals surface area contributed by atoms with Crippen molar-refractivity contribution in [3.05, 3.63) is 93.9 Å². The molecule has 160 valence electrons. The summed E-state index contributed by atoms with van der Waals surface area (Å²) in [6.45, 7) is 6.16. The smallest absolute Gasteiger partial charge is 0.271 e. The number of hydrogen-bond donors (Lipinski definition) is 0. The average molecular weight is 441 g/mol. The Kier molecular flexibility index (Phi) is 5.35. The lowest BCUT2D eigenvalue weighted by Crippen LogP contribution is -2.28. The quantitative estimate of drug-likeness (QED) is 0.440. The summed E-state index contributed by atoms with van der Waals surface area (Å²) >= 11 is 1.41. The second-order valence-electron chi connectivity index (χ2n) is 8.32. The first kappa shape index (κ1) is 20.6. The standard InChI is InChI=1S/C27H24N2O2S/c1-17-4-9-22(10-5-17)28-27-29(23-11-6-18(2)7-12-23)26(30)25(32-27)16-20-8-13-24-21(15-20)14-19(3)31-24/h4-13,15-16,19H,14H2,1-3H3/b25-16+,28-27?/t19-/m0/s1. The second kappa shape index (κ2) is 8.32. The fourth-order valence-corrected chi connectivity index (χ4v) is 4.88. The fourth-order valence-electron chi connectivity index (χ4n) is 3.88. The van der Waals surface area contributed by atoms with Gasteiger partial charge in [0.1, 0.15) is 11.9 Å². The number of aryl methyl sites for hydroxylation is 2. The number of rotatable bonds is 3. The van der Waals surface area contributed by atoms with Crippen LogP contribution < -0.4 is 9.64 Å². The minimum absolute atomic E-state index is 0.0603. The Labute approximate surface area is 192 Å². The van der Waals surface area contributed by atoms with Crippen molar-refractivity contribution in [2.24, 2.45) is 4.99 Å². The third kappa shape index (κ3) is 4.08. The maximum atomic E-state index is 13.5. The monoisotopic (exact) mass is 440 g/mol. The number of hydrogen-bond acceptors (Lipinski definition) is 4. The van der Waals surface area contributed by atoms with Crippen molar-refractivity contribution >= 4 is 40.3 Å². The lowest BCUT2D eigenvalue weighted by molar-refractivity contribution is -0.113. The number of aliphatic imine (C=N–C) groups is 1. The molecule has 0 radical (unpaired) electrons. The number of ether oxygens (including phenoxy) is 1. The molecule has 0 bridgehead atoms. The Balaban J connectivity index is 1.53. The normalized spacial score (nSPS) is 20.2. The number of benzene rings is 3. The molecule has 0 spiro atoms. The molecule has 5 rings (SSSR count). The summed E-state index contributed by atoms with van der Waals surface area (Å²) in [5.41, 5.74) is 6.15. The van der Waals surface area contributed by atoms with E-state index in [2.05, 4.69) is 13.0 Å². The average Bonchev–Trinajstić information content (AvgIpc) is 3.29. The second-order valence-corrected chi connectivity index (χ2v) is 9.33. The van der Waals surface area contributed by atoms with E-state index in [4.69, 9.17) is 9.73 Å². The van der Waals surface area contributed by atoms with E-state index in [1.54, 1.807) is 4.90 Å². The minimum atomic E-state index is -0.0603. The highest BCUT2D eigenvalue weighted by Gasteiger charge is 2.35. The highest BCUT2D eigenvalue weighted by Crippen LogP contribution is 2.38. The summed E-state index contributed by atoms with van der Waals surface area (Å²) < 4.78 is 5.81. The first-order valence-electron chi connectivity index (χ1n) is 10.7. The third-order valence-corrected chi connectivity index (χ3v) is 6.54. The van der Waals surface area contributed by atoms with E-state index >= 15 is 0 Å². The number of carbonyl (C=O) groups excluding carboxylic acids is 1. The van der Waals surface area contributed by atoms with Crippen LogP contribution in [-0.4, -0.2) is 17.2 Å². The molecule has 2 aliphatic rings. The fraction of sp³-hybridized carbons (Fsp3) is 0.185. The number of amides is 1. The van der Waals surface area contributed by atoms with Gasteiger partial charge >= 0.3 is 0 Å². The third-order valence-electron chi connectivity index (χ3n) is 5.58. The van der Waals surface area contributed by atoms with E-state index in [0.29, 0.717) is 10.1 Å². The summed E-state index contributed by atoms with van der Waals surface area (Å²) in [6.07, 6.45) is 3.04. The van der Waals surface area contributed by atoms with Crippen LogP contribution in [0.3, 0.4) is 0 Å². The van der Waals surface area contributed by atoms with Gasteiger partial charge in [0.05, 0.1) is 16.3 Å². The van der Waals surface area contributed by atoms with E-state index < -0.39 is 0 Å². The number of nitrogens with zero attached hydrogens (tertiary/aromatic N) is 2. The van der Waals surface area contributed by atoms with Crippen LogP contribution in [0.5, 0.6) is 5.75 Å². The number of fused-ring (bicyclic) bond motifs is 1. The molecule has 1 amide bonds. The zero-order valence-electron chi connectivity index (χ0n) is 18.3. The zero-order chi connectivity index (χ0) is 22.2. The molecule has 2 aliphatic heterocycles. The van der Waals surface area contributed by atoms with Crippen LogP contribution in [0, 0.1) is 13.8 Å². The molecule has 1 atom stereocenters. The van der Waals surface area contributed by atoms with E-state index in [0.717, 1.165) is 34.7 Å². The molecule has 1 saturated heterocycles. The van der Waals surface area contributed by atoms with E-state index in [9.17, 15) is 4.79 Å². The van der Waals surface area contributed by atoms with Crippen molar-refractivity contribution in [3.8, 4) is 5.75 Å². The molecular weight excluding hydrogens is 416 g/mol. The highest BCUT2D eigenvalue weighted by molar-refractivity contribution is 8.19. The van der Waals surface area contributed by atoms with Crippen molar-refractivity contribution in [1.29, 1.82) is 0 Å².